The third-order valence-electron chi connectivity index (χ3n) is 3.66. The molecular weight excluding hydrogens is 252 g/mol. The molecule has 108 valence electrons. The monoisotopic (exact) mass is 280 g/mol. The molecule has 3 heteroatoms. The zero-order valence-corrected chi connectivity index (χ0v) is 13.4. The van der Waals surface area contributed by atoms with E-state index < -0.39 is 0 Å². The largest absolute Gasteiger partial charge is 0.328 e. The van der Waals surface area contributed by atoms with E-state index in [0.29, 0.717) is 11.5 Å². The molecule has 2 nitrogen and oxygen atoms in total. The lowest BCUT2D eigenvalue weighted by atomic mass is 9.87. The van der Waals surface area contributed by atoms with Crippen molar-refractivity contribution in [3.63, 3.8) is 0 Å². The predicted molar refractivity (Wildman–Crippen MR) is 84.4 cm³/mol. The summed E-state index contributed by atoms with van der Waals surface area (Å²) in [5.41, 5.74) is 6.62. The molecule has 1 unspecified atom stereocenters. The zero-order valence-electron chi connectivity index (χ0n) is 12.6. The average Bonchev–Trinajstić information content (AvgIpc) is 3.00. The molecule has 2 rings (SSSR count). The minimum Gasteiger partial charge on any atom is -0.328 e. The van der Waals surface area contributed by atoms with Crippen LogP contribution in [0.4, 0.5) is 0 Å². The Bertz CT molecular complexity index is 363. The maximum atomic E-state index is 6.28. The summed E-state index contributed by atoms with van der Waals surface area (Å²) in [5, 5.41) is 2.17. The third kappa shape index (κ3) is 5.64. The van der Waals surface area contributed by atoms with Gasteiger partial charge in [-0.25, -0.2) is 0 Å². The quantitative estimate of drug-likeness (QED) is 0.821. The summed E-state index contributed by atoms with van der Waals surface area (Å²) < 4.78 is 0. The maximum Gasteiger partial charge on any atom is 0.0330 e. The van der Waals surface area contributed by atoms with Crippen LogP contribution in [0.2, 0.25) is 0 Å². The number of thiophene rings is 1. The SMILES string of the molecule is CC(C)(C)CC(N)CCN(Cc1cccs1)C1CC1. The molecule has 0 saturated heterocycles. The average molecular weight is 280 g/mol. The summed E-state index contributed by atoms with van der Waals surface area (Å²) in [7, 11) is 0. The molecular formula is C16H28N2S. The summed E-state index contributed by atoms with van der Waals surface area (Å²) in [6.45, 7) is 9.09. The van der Waals surface area contributed by atoms with Crippen molar-refractivity contribution < 1.29 is 0 Å². The Balaban J connectivity index is 1.77. The van der Waals surface area contributed by atoms with Crippen LogP contribution in [0.25, 0.3) is 0 Å². The van der Waals surface area contributed by atoms with Gasteiger partial charge in [0, 0.05) is 30.1 Å². The first kappa shape index (κ1) is 15.0. The summed E-state index contributed by atoms with van der Waals surface area (Å²) in [6, 6.07) is 5.56. The zero-order chi connectivity index (χ0) is 13.9. The molecule has 0 radical (unpaired) electrons. The number of nitrogens with two attached hydrogens (primary N) is 1. The fourth-order valence-corrected chi connectivity index (χ4v) is 3.38. The molecule has 1 fully saturated rings. The van der Waals surface area contributed by atoms with Crippen LogP contribution in [-0.4, -0.2) is 23.5 Å². The molecule has 0 amide bonds. The lowest BCUT2D eigenvalue weighted by Gasteiger charge is -2.26. The van der Waals surface area contributed by atoms with Gasteiger partial charge in [-0.15, -0.1) is 11.3 Å². The number of hydrogen-bond donors (Lipinski definition) is 1. The van der Waals surface area contributed by atoms with E-state index in [1.165, 1.54) is 17.7 Å². The minimum atomic E-state index is 0.338. The van der Waals surface area contributed by atoms with Gasteiger partial charge in [-0.3, -0.25) is 4.90 Å². The molecule has 1 aliphatic rings. The number of rotatable bonds is 7. The van der Waals surface area contributed by atoms with Gasteiger partial charge in [-0.1, -0.05) is 26.8 Å². The van der Waals surface area contributed by atoms with Gasteiger partial charge in [0.05, 0.1) is 0 Å². The number of hydrogen-bond acceptors (Lipinski definition) is 3. The third-order valence-corrected chi connectivity index (χ3v) is 4.53. The lowest BCUT2D eigenvalue weighted by Crippen LogP contribution is -2.33. The minimum absolute atomic E-state index is 0.338. The standard InChI is InChI=1S/C16H28N2S/c1-16(2,3)11-13(17)8-9-18(14-6-7-14)12-15-5-4-10-19-15/h4-5,10,13-14H,6-9,11-12,17H2,1-3H3. The molecule has 1 heterocycles. The van der Waals surface area contributed by atoms with Crippen molar-refractivity contribution in [2.75, 3.05) is 6.54 Å². The van der Waals surface area contributed by atoms with E-state index in [4.69, 9.17) is 5.73 Å². The van der Waals surface area contributed by atoms with Crippen LogP contribution < -0.4 is 5.73 Å². The Morgan fingerprint density at radius 2 is 2.16 bits per heavy atom. The van der Waals surface area contributed by atoms with Gasteiger partial charge in [0.1, 0.15) is 0 Å². The summed E-state index contributed by atoms with van der Waals surface area (Å²) in [6.07, 6.45) is 4.99. The summed E-state index contributed by atoms with van der Waals surface area (Å²) in [5.74, 6) is 0. The smallest absolute Gasteiger partial charge is 0.0330 e. The van der Waals surface area contributed by atoms with Crippen molar-refractivity contribution in [2.45, 2.75) is 65.1 Å². The van der Waals surface area contributed by atoms with E-state index in [0.717, 1.165) is 32.0 Å². The van der Waals surface area contributed by atoms with E-state index in [9.17, 15) is 0 Å². The van der Waals surface area contributed by atoms with Crippen molar-refractivity contribution in [1.82, 2.24) is 4.90 Å². The fourth-order valence-electron chi connectivity index (χ4n) is 2.65. The molecule has 1 aromatic rings. The van der Waals surface area contributed by atoms with Gasteiger partial charge < -0.3 is 5.73 Å². The van der Waals surface area contributed by atoms with E-state index in [1.807, 2.05) is 11.3 Å². The molecule has 0 spiro atoms. The van der Waals surface area contributed by atoms with Crippen LogP contribution >= 0.6 is 11.3 Å². The fraction of sp³-hybridized carbons (Fsp3) is 0.750. The molecule has 0 aromatic carbocycles. The van der Waals surface area contributed by atoms with E-state index in [2.05, 4.69) is 43.2 Å². The highest BCUT2D eigenvalue weighted by Crippen LogP contribution is 2.30. The van der Waals surface area contributed by atoms with Crippen LogP contribution in [0.3, 0.4) is 0 Å². The summed E-state index contributed by atoms with van der Waals surface area (Å²) in [4.78, 5) is 4.12. The second-order valence-corrected chi connectivity index (χ2v) is 8.13. The van der Waals surface area contributed by atoms with E-state index >= 15 is 0 Å². The lowest BCUT2D eigenvalue weighted by molar-refractivity contribution is 0.233. The van der Waals surface area contributed by atoms with Gasteiger partial charge in [-0.05, 0) is 42.5 Å². The van der Waals surface area contributed by atoms with Crippen molar-refractivity contribution >= 4 is 11.3 Å². The molecule has 1 saturated carbocycles. The molecule has 0 bridgehead atoms. The van der Waals surface area contributed by atoms with E-state index in [1.54, 1.807) is 0 Å². The highest BCUT2D eigenvalue weighted by atomic mass is 32.1. The Morgan fingerprint density at radius 3 is 2.68 bits per heavy atom. The summed E-state index contributed by atoms with van der Waals surface area (Å²) >= 11 is 1.87. The van der Waals surface area contributed by atoms with Crippen molar-refractivity contribution in [2.24, 2.45) is 11.1 Å². The van der Waals surface area contributed by atoms with Crippen LogP contribution in [0.1, 0.15) is 51.3 Å². The van der Waals surface area contributed by atoms with Crippen molar-refractivity contribution in [3.05, 3.63) is 22.4 Å². The van der Waals surface area contributed by atoms with Crippen LogP contribution in [0, 0.1) is 5.41 Å². The highest BCUT2D eigenvalue weighted by Gasteiger charge is 2.29. The molecule has 1 atom stereocenters. The molecule has 19 heavy (non-hydrogen) atoms. The first-order valence-electron chi connectivity index (χ1n) is 7.46. The van der Waals surface area contributed by atoms with Gasteiger partial charge in [0.2, 0.25) is 0 Å². The van der Waals surface area contributed by atoms with Gasteiger partial charge in [0.15, 0.2) is 0 Å². The molecule has 1 aromatic heterocycles. The first-order chi connectivity index (χ1) is 8.94. The van der Waals surface area contributed by atoms with Gasteiger partial charge in [-0.2, -0.15) is 0 Å². The van der Waals surface area contributed by atoms with Crippen molar-refractivity contribution in [3.8, 4) is 0 Å². The van der Waals surface area contributed by atoms with Crippen LogP contribution in [-0.2, 0) is 6.54 Å². The Kier molecular flexibility index (Phi) is 5.04. The maximum absolute atomic E-state index is 6.28. The van der Waals surface area contributed by atoms with E-state index in [-0.39, 0.29) is 0 Å². The first-order valence-corrected chi connectivity index (χ1v) is 8.34. The second-order valence-electron chi connectivity index (χ2n) is 7.09. The Morgan fingerprint density at radius 1 is 1.42 bits per heavy atom. The molecule has 1 aliphatic carbocycles. The highest BCUT2D eigenvalue weighted by molar-refractivity contribution is 7.09. The van der Waals surface area contributed by atoms with Crippen molar-refractivity contribution in [1.29, 1.82) is 0 Å². The van der Waals surface area contributed by atoms with Gasteiger partial charge >= 0.3 is 0 Å². The molecule has 0 aliphatic heterocycles. The van der Waals surface area contributed by atoms with Crippen LogP contribution in [0.15, 0.2) is 17.5 Å². The van der Waals surface area contributed by atoms with Crippen LogP contribution in [0.5, 0.6) is 0 Å². The molecule has 2 N–H and O–H groups in total. The Hall–Kier alpha value is -0.380. The second kappa shape index (κ2) is 6.38. The Labute approximate surface area is 122 Å². The number of nitrogens with zero attached hydrogens (tertiary/aromatic N) is 1. The topological polar surface area (TPSA) is 29.3 Å². The van der Waals surface area contributed by atoms with Gasteiger partial charge in [0.25, 0.3) is 0 Å². The predicted octanol–water partition coefficient (Wildman–Crippen LogP) is 3.87. The normalized spacial score (nSPS) is 17.9.